The van der Waals surface area contributed by atoms with Crippen molar-refractivity contribution in [3.8, 4) is 0 Å². The van der Waals surface area contributed by atoms with Crippen molar-refractivity contribution in [2.45, 2.75) is 25.9 Å². The van der Waals surface area contributed by atoms with Crippen LogP contribution in [0.2, 0.25) is 0 Å². The second kappa shape index (κ2) is 10.2. The molecule has 0 aliphatic rings. The summed E-state index contributed by atoms with van der Waals surface area (Å²) in [6.07, 6.45) is 4.19. The molecule has 1 heterocycles. The number of aromatic nitrogens is 2. The number of carbonyl (C=O) groups excluding carboxylic acids is 1. The lowest BCUT2D eigenvalue weighted by Gasteiger charge is -2.13. The van der Waals surface area contributed by atoms with Crippen LogP contribution in [0.25, 0.3) is 0 Å². The third kappa shape index (κ3) is 6.05. The predicted molar refractivity (Wildman–Crippen MR) is 92.6 cm³/mol. The lowest BCUT2D eigenvalue weighted by molar-refractivity contribution is -0.122. The number of carbonyl (C=O) groups is 1. The van der Waals surface area contributed by atoms with Crippen LogP contribution in [0.4, 0.5) is 0 Å². The first kappa shape index (κ1) is 20.4. The Hall–Kier alpha value is -1.56. The number of aryl methyl sites for hydroxylation is 1. The molecule has 0 saturated heterocycles. The van der Waals surface area contributed by atoms with E-state index < -0.39 is 6.04 Å². The van der Waals surface area contributed by atoms with Crippen molar-refractivity contribution in [2.24, 2.45) is 5.73 Å². The van der Waals surface area contributed by atoms with Gasteiger partial charge in [-0.05, 0) is 18.9 Å². The van der Waals surface area contributed by atoms with E-state index in [0.29, 0.717) is 19.5 Å². The van der Waals surface area contributed by atoms with Gasteiger partial charge in [-0.15, -0.1) is 24.8 Å². The minimum atomic E-state index is -0.513. The van der Waals surface area contributed by atoms with Crippen molar-refractivity contribution >= 4 is 30.7 Å². The Kier molecular flexibility index (Phi) is 9.49. The Morgan fingerprint density at radius 2 is 2.00 bits per heavy atom. The standard InChI is InChI=1S/C15H20N4O.2ClH/c1-12-17-7-9-19(12)10-8-18-15(20)14(16)11-13-5-3-2-4-6-13;;/h2-7,9,14H,8,10-11,16H2,1H3,(H,18,20);2*1H. The number of nitrogens with one attached hydrogen (secondary N) is 1. The van der Waals surface area contributed by atoms with Crippen LogP contribution in [-0.2, 0) is 17.8 Å². The molecule has 1 aromatic heterocycles. The summed E-state index contributed by atoms with van der Waals surface area (Å²) in [4.78, 5) is 16.0. The molecule has 122 valence electrons. The molecule has 2 aromatic rings. The average Bonchev–Trinajstić information content (AvgIpc) is 2.85. The lowest BCUT2D eigenvalue weighted by atomic mass is 10.1. The van der Waals surface area contributed by atoms with Crippen LogP contribution in [0.3, 0.4) is 0 Å². The fourth-order valence-corrected chi connectivity index (χ4v) is 2.03. The van der Waals surface area contributed by atoms with E-state index in [2.05, 4.69) is 10.3 Å². The predicted octanol–water partition coefficient (Wildman–Crippen LogP) is 1.72. The van der Waals surface area contributed by atoms with E-state index in [1.54, 1.807) is 6.20 Å². The van der Waals surface area contributed by atoms with Gasteiger partial charge in [0.05, 0.1) is 6.04 Å². The van der Waals surface area contributed by atoms with Gasteiger partial charge in [-0.1, -0.05) is 30.3 Å². The summed E-state index contributed by atoms with van der Waals surface area (Å²) in [5, 5.41) is 2.86. The Morgan fingerprint density at radius 3 is 2.59 bits per heavy atom. The molecule has 1 aromatic carbocycles. The maximum atomic E-state index is 11.9. The number of hydrogen-bond donors (Lipinski definition) is 2. The molecule has 7 heteroatoms. The van der Waals surface area contributed by atoms with Gasteiger partial charge in [0.2, 0.25) is 5.91 Å². The topological polar surface area (TPSA) is 72.9 Å². The summed E-state index contributed by atoms with van der Waals surface area (Å²) in [7, 11) is 0. The maximum Gasteiger partial charge on any atom is 0.237 e. The Morgan fingerprint density at radius 1 is 1.32 bits per heavy atom. The van der Waals surface area contributed by atoms with E-state index in [1.165, 1.54) is 0 Å². The molecule has 1 amide bonds. The minimum absolute atomic E-state index is 0. The van der Waals surface area contributed by atoms with E-state index in [0.717, 1.165) is 11.4 Å². The van der Waals surface area contributed by atoms with Crippen LogP contribution >= 0.6 is 24.8 Å². The molecule has 2 rings (SSSR count). The molecule has 1 unspecified atom stereocenters. The average molecular weight is 345 g/mol. The highest BCUT2D eigenvalue weighted by Crippen LogP contribution is 2.01. The van der Waals surface area contributed by atoms with Crippen molar-refractivity contribution in [1.82, 2.24) is 14.9 Å². The normalized spacial score (nSPS) is 11.0. The van der Waals surface area contributed by atoms with E-state index in [4.69, 9.17) is 5.73 Å². The molecule has 0 saturated carbocycles. The molecule has 0 radical (unpaired) electrons. The molecule has 0 aliphatic carbocycles. The summed E-state index contributed by atoms with van der Waals surface area (Å²) in [6, 6.07) is 9.28. The van der Waals surface area contributed by atoms with Crippen molar-refractivity contribution < 1.29 is 4.79 Å². The molecule has 0 bridgehead atoms. The largest absolute Gasteiger partial charge is 0.353 e. The minimum Gasteiger partial charge on any atom is -0.353 e. The van der Waals surface area contributed by atoms with Crippen LogP contribution < -0.4 is 11.1 Å². The zero-order chi connectivity index (χ0) is 14.4. The molecule has 22 heavy (non-hydrogen) atoms. The highest BCUT2D eigenvalue weighted by molar-refractivity contribution is 5.85. The zero-order valence-corrected chi connectivity index (χ0v) is 14.1. The van der Waals surface area contributed by atoms with Crippen molar-refractivity contribution in [3.05, 3.63) is 54.1 Å². The monoisotopic (exact) mass is 344 g/mol. The summed E-state index contributed by atoms with van der Waals surface area (Å²) in [5.74, 6) is 0.819. The van der Waals surface area contributed by atoms with Gasteiger partial charge in [0.15, 0.2) is 0 Å². The number of nitrogens with zero attached hydrogens (tertiary/aromatic N) is 2. The number of halogens is 2. The van der Waals surface area contributed by atoms with Gasteiger partial charge < -0.3 is 15.6 Å². The lowest BCUT2D eigenvalue weighted by Crippen LogP contribution is -2.43. The third-order valence-corrected chi connectivity index (χ3v) is 3.21. The first-order chi connectivity index (χ1) is 9.66. The number of nitrogens with two attached hydrogens (primary N) is 1. The van der Waals surface area contributed by atoms with Gasteiger partial charge in [0, 0.05) is 25.5 Å². The number of amides is 1. The summed E-state index contributed by atoms with van der Waals surface area (Å²) < 4.78 is 1.99. The molecule has 3 N–H and O–H groups in total. The third-order valence-electron chi connectivity index (χ3n) is 3.21. The Bertz CT molecular complexity index is 560. The zero-order valence-electron chi connectivity index (χ0n) is 12.4. The van der Waals surface area contributed by atoms with Crippen LogP contribution in [0.5, 0.6) is 0 Å². The van der Waals surface area contributed by atoms with Gasteiger partial charge >= 0.3 is 0 Å². The van der Waals surface area contributed by atoms with E-state index in [9.17, 15) is 4.79 Å². The van der Waals surface area contributed by atoms with Gasteiger partial charge in [-0.25, -0.2) is 4.98 Å². The fourth-order valence-electron chi connectivity index (χ4n) is 2.03. The number of rotatable bonds is 6. The van der Waals surface area contributed by atoms with Gasteiger partial charge in [0.1, 0.15) is 5.82 Å². The highest BCUT2D eigenvalue weighted by atomic mass is 35.5. The second-order valence-corrected chi connectivity index (χ2v) is 4.76. The SMILES string of the molecule is Cc1nccn1CCNC(=O)C(N)Cc1ccccc1.Cl.Cl. The van der Waals surface area contributed by atoms with Gasteiger partial charge in [0.25, 0.3) is 0 Å². The first-order valence-electron chi connectivity index (χ1n) is 6.72. The van der Waals surface area contributed by atoms with Crippen LogP contribution in [-0.4, -0.2) is 28.0 Å². The van der Waals surface area contributed by atoms with Crippen molar-refractivity contribution in [1.29, 1.82) is 0 Å². The summed E-state index contributed by atoms with van der Waals surface area (Å²) in [5.41, 5.74) is 6.98. The molecular weight excluding hydrogens is 323 g/mol. The van der Waals surface area contributed by atoms with Crippen molar-refractivity contribution in [3.63, 3.8) is 0 Å². The molecular formula is C15H22Cl2N4O. The van der Waals surface area contributed by atoms with E-state index in [1.807, 2.05) is 48.0 Å². The molecule has 5 nitrogen and oxygen atoms in total. The van der Waals surface area contributed by atoms with Gasteiger partial charge in [-0.3, -0.25) is 4.79 Å². The van der Waals surface area contributed by atoms with Crippen LogP contribution in [0.1, 0.15) is 11.4 Å². The Labute approximate surface area is 143 Å². The van der Waals surface area contributed by atoms with Crippen LogP contribution in [0, 0.1) is 6.92 Å². The Balaban J connectivity index is 0.00000220. The molecule has 0 fully saturated rings. The second-order valence-electron chi connectivity index (χ2n) is 4.76. The number of imidazole rings is 1. The summed E-state index contributed by atoms with van der Waals surface area (Å²) in [6.45, 7) is 3.19. The molecule has 1 atom stereocenters. The van der Waals surface area contributed by atoms with Crippen molar-refractivity contribution in [2.75, 3.05) is 6.54 Å². The smallest absolute Gasteiger partial charge is 0.237 e. The van der Waals surface area contributed by atoms with E-state index >= 15 is 0 Å². The van der Waals surface area contributed by atoms with Crippen LogP contribution in [0.15, 0.2) is 42.7 Å². The maximum absolute atomic E-state index is 11.9. The first-order valence-corrected chi connectivity index (χ1v) is 6.72. The number of hydrogen-bond acceptors (Lipinski definition) is 3. The summed E-state index contributed by atoms with van der Waals surface area (Å²) >= 11 is 0. The highest BCUT2D eigenvalue weighted by Gasteiger charge is 2.13. The van der Waals surface area contributed by atoms with Gasteiger partial charge in [-0.2, -0.15) is 0 Å². The van der Waals surface area contributed by atoms with E-state index in [-0.39, 0.29) is 30.7 Å². The molecule has 0 spiro atoms. The number of benzene rings is 1. The quantitative estimate of drug-likeness (QED) is 0.837. The molecule has 0 aliphatic heterocycles. The fraction of sp³-hybridized carbons (Fsp3) is 0.333.